The van der Waals surface area contributed by atoms with E-state index in [4.69, 9.17) is 0 Å². The number of alkyl halides is 3. The van der Waals surface area contributed by atoms with Crippen molar-refractivity contribution in [1.82, 2.24) is 9.80 Å². The molecule has 1 aromatic rings. The van der Waals surface area contributed by atoms with Crippen LogP contribution in [-0.4, -0.2) is 48.9 Å². The molecule has 6 heteroatoms. The molecule has 0 aliphatic carbocycles. The van der Waals surface area contributed by atoms with Gasteiger partial charge in [-0.25, -0.2) is 0 Å². The molecule has 0 radical (unpaired) electrons. The van der Waals surface area contributed by atoms with Crippen molar-refractivity contribution in [2.75, 3.05) is 27.2 Å². The fraction of sp³-hybridized carbons (Fsp3) is 0.588. The van der Waals surface area contributed by atoms with Crippen molar-refractivity contribution in [3.05, 3.63) is 35.4 Å². The average Bonchev–Trinajstić information content (AvgIpc) is 2.52. The number of piperidine rings is 1. The number of carbonyl (C=O) groups is 1. The van der Waals surface area contributed by atoms with Crippen LogP contribution in [0.4, 0.5) is 13.2 Å². The summed E-state index contributed by atoms with van der Waals surface area (Å²) in [7, 11) is 3.90. The van der Waals surface area contributed by atoms with E-state index in [1.165, 1.54) is 12.1 Å². The lowest BCUT2D eigenvalue weighted by Gasteiger charge is -2.35. The van der Waals surface area contributed by atoms with Crippen molar-refractivity contribution < 1.29 is 18.0 Å². The Morgan fingerprint density at radius 2 is 1.78 bits per heavy atom. The van der Waals surface area contributed by atoms with Gasteiger partial charge in [0.1, 0.15) is 0 Å². The Labute approximate surface area is 135 Å². The molecule has 0 N–H and O–H groups in total. The molecule has 128 valence electrons. The van der Waals surface area contributed by atoms with Crippen molar-refractivity contribution in [2.24, 2.45) is 0 Å². The lowest BCUT2D eigenvalue weighted by Crippen LogP contribution is -2.44. The van der Waals surface area contributed by atoms with Crippen LogP contribution in [-0.2, 0) is 17.4 Å². The highest BCUT2D eigenvalue weighted by Gasteiger charge is 2.30. The third-order valence-electron chi connectivity index (χ3n) is 4.54. The summed E-state index contributed by atoms with van der Waals surface area (Å²) in [6.45, 7) is 1.97. The van der Waals surface area contributed by atoms with Gasteiger partial charge in [-0.1, -0.05) is 12.1 Å². The second kappa shape index (κ2) is 7.34. The third kappa shape index (κ3) is 4.96. The number of likely N-dealkylation sites (tertiary alicyclic amines) is 1. The van der Waals surface area contributed by atoms with E-state index in [1.807, 2.05) is 7.05 Å². The van der Waals surface area contributed by atoms with E-state index in [0.717, 1.165) is 43.6 Å². The summed E-state index contributed by atoms with van der Waals surface area (Å²) in [6, 6.07) is 5.31. The van der Waals surface area contributed by atoms with E-state index in [9.17, 15) is 18.0 Å². The molecule has 3 nitrogen and oxygen atoms in total. The molecule has 1 amide bonds. The molecule has 0 unspecified atom stereocenters. The maximum atomic E-state index is 12.5. The van der Waals surface area contributed by atoms with E-state index >= 15 is 0 Å². The zero-order chi connectivity index (χ0) is 17.0. The number of halogens is 3. The normalized spacial score (nSPS) is 17.3. The highest BCUT2D eigenvalue weighted by Crippen LogP contribution is 2.29. The average molecular weight is 328 g/mol. The van der Waals surface area contributed by atoms with Crippen molar-refractivity contribution >= 4 is 5.91 Å². The summed E-state index contributed by atoms with van der Waals surface area (Å²) in [6.07, 6.45) is -1.58. The second-order valence-corrected chi connectivity index (χ2v) is 6.23. The van der Waals surface area contributed by atoms with Gasteiger partial charge in [0.15, 0.2) is 0 Å². The van der Waals surface area contributed by atoms with Gasteiger partial charge in [0, 0.05) is 19.5 Å². The minimum absolute atomic E-state index is 0.0550. The molecule has 1 aliphatic heterocycles. The zero-order valence-electron chi connectivity index (χ0n) is 13.6. The van der Waals surface area contributed by atoms with Gasteiger partial charge in [-0.05, 0) is 57.1 Å². The lowest BCUT2D eigenvalue weighted by atomic mass is 10.0. The number of benzene rings is 1. The molecule has 1 fully saturated rings. The SMILES string of the molecule is CN1CCC(N(C)C(=O)CCc2ccc(C(F)(F)F)cc2)CC1. The van der Waals surface area contributed by atoms with Gasteiger partial charge in [0.05, 0.1) is 5.56 Å². The highest BCUT2D eigenvalue weighted by atomic mass is 19.4. The Hall–Kier alpha value is -1.56. The first kappa shape index (κ1) is 17.8. The van der Waals surface area contributed by atoms with Gasteiger partial charge in [0.2, 0.25) is 5.91 Å². The summed E-state index contributed by atoms with van der Waals surface area (Å²) in [4.78, 5) is 16.3. The number of nitrogens with zero attached hydrogens (tertiary/aromatic N) is 2. The standard InChI is InChI=1S/C17H23F3N2O/c1-21-11-9-15(10-12-21)22(2)16(23)8-5-13-3-6-14(7-4-13)17(18,19)20/h3-4,6-7,15H,5,8-12H2,1-2H3. The monoisotopic (exact) mass is 328 g/mol. The van der Waals surface area contributed by atoms with E-state index in [2.05, 4.69) is 11.9 Å². The van der Waals surface area contributed by atoms with Gasteiger partial charge in [0.25, 0.3) is 0 Å². The number of hydrogen-bond donors (Lipinski definition) is 0. The largest absolute Gasteiger partial charge is 0.416 e. The molecular weight excluding hydrogens is 305 g/mol. The molecule has 0 saturated carbocycles. The Morgan fingerprint density at radius 3 is 2.30 bits per heavy atom. The first-order chi connectivity index (χ1) is 10.8. The Balaban J connectivity index is 1.84. The van der Waals surface area contributed by atoms with Crippen LogP contribution in [0.5, 0.6) is 0 Å². The van der Waals surface area contributed by atoms with Crippen LogP contribution < -0.4 is 0 Å². The molecule has 1 saturated heterocycles. The number of hydrogen-bond acceptors (Lipinski definition) is 2. The smallest absolute Gasteiger partial charge is 0.343 e. The maximum absolute atomic E-state index is 12.5. The first-order valence-corrected chi connectivity index (χ1v) is 7.87. The summed E-state index contributed by atoms with van der Waals surface area (Å²) < 4.78 is 37.5. The molecular formula is C17H23F3N2O. The molecule has 1 aliphatic rings. The fourth-order valence-corrected chi connectivity index (χ4v) is 2.87. The lowest BCUT2D eigenvalue weighted by molar-refractivity contribution is -0.137. The molecule has 0 bridgehead atoms. The fourth-order valence-electron chi connectivity index (χ4n) is 2.87. The molecule has 0 aromatic heterocycles. The van der Waals surface area contributed by atoms with Crippen LogP contribution in [0.15, 0.2) is 24.3 Å². The molecule has 1 aromatic carbocycles. The minimum Gasteiger partial charge on any atom is -0.343 e. The van der Waals surface area contributed by atoms with E-state index < -0.39 is 11.7 Å². The Bertz CT molecular complexity index is 520. The topological polar surface area (TPSA) is 23.6 Å². The molecule has 2 rings (SSSR count). The van der Waals surface area contributed by atoms with E-state index in [1.54, 1.807) is 4.90 Å². The van der Waals surface area contributed by atoms with E-state index in [0.29, 0.717) is 12.8 Å². The zero-order valence-corrected chi connectivity index (χ0v) is 13.6. The highest BCUT2D eigenvalue weighted by molar-refractivity contribution is 5.76. The van der Waals surface area contributed by atoms with Crippen LogP contribution in [0.3, 0.4) is 0 Å². The molecule has 23 heavy (non-hydrogen) atoms. The van der Waals surface area contributed by atoms with Crippen LogP contribution in [0.2, 0.25) is 0 Å². The summed E-state index contributed by atoms with van der Waals surface area (Å²) >= 11 is 0. The van der Waals surface area contributed by atoms with Gasteiger partial charge >= 0.3 is 6.18 Å². The third-order valence-corrected chi connectivity index (χ3v) is 4.54. The number of aryl methyl sites for hydroxylation is 1. The van der Waals surface area contributed by atoms with Crippen LogP contribution in [0.1, 0.15) is 30.4 Å². The predicted molar refractivity (Wildman–Crippen MR) is 83.1 cm³/mol. The first-order valence-electron chi connectivity index (χ1n) is 7.87. The number of carbonyl (C=O) groups excluding carboxylic acids is 1. The molecule has 0 spiro atoms. The summed E-state index contributed by atoms with van der Waals surface area (Å²) in [5, 5.41) is 0. The van der Waals surface area contributed by atoms with Crippen LogP contribution >= 0.6 is 0 Å². The maximum Gasteiger partial charge on any atom is 0.416 e. The van der Waals surface area contributed by atoms with Crippen molar-refractivity contribution in [1.29, 1.82) is 0 Å². The molecule has 1 heterocycles. The Morgan fingerprint density at radius 1 is 1.22 bits per heavy atom. The van der Waals surface area contributed by atoms with Crippen molar-refractivity contribution in [2.45, 2.75) is 37.9 Å². The van der Waals surface area contributed by atoms with Crippen molar-refractivity contribution in [3.63, 3.8) is 0 Å². The predicted octanol–water partition coefficient (Wildman–Crippen LogP) is 3.19. The summed E-state index contributed by atoms with van der Waals surface area (Å²) in [5.41, 5.74) is 0.0964. The van der Waals surface area contributed by atoms with Gasteiger partial charge in [-0.15, -0.1) is 0 Å². The quantitative estimate of drug-likeness (QED) is 0.847. The summed E-state index contributed by atoms with van der Waals surface area (Å²) in [5.74, 6) is 0.0550. The van der Waals surface area contributed by atoms with Gasteiger partial charge in [-0.3, -0.25) is 4.79 Å². The second-order valence-electron chi connectivity index (χ2n) is 6.23. The molecule has 0 atom stereocenters. The van der Waals surface area contributed by atoms with Gasteiger partial charge in [-0.2, -0.15) is 13.2 Å². The van der Waals surface area contributed by atoms with Crippen molar-refractivity contribution in [3.8, 4) is 0 Å². The Kier molecular flexibility index (Phi) is 5.68. The minimum atomic E-state index is -4.32. The van der Waals surface area contributed by atoms with E-state index in [-0.39, 0.29) is 11.9 Å². The van der Waals surface area contributed by atoms with Crippen LogP contribution in [0, 0.1) is 0 Å². The number of amides is 1. The van der Waals surface area contributed by atoms with Gasteiger partial charge < -0.3 is 9.80 Å². The number of rotatable bonds is 4. The van der Waals surface area contributed by atoms with Crippen LogP contribution in [0.25, 0.3) is 0 Å².